The number of ether oxygens (including phenoxy) is 1. The fourth-order valence-electron chi connectivity index (χ4n) is 2.17. The summed E-state index contributed by atoms with van der Waals surface area (Å²) in [4.78, 5) is 25.5. The van der Waals surface area contributed by atoms with Gasteiger partial charge in [-0.1, -0.05) is 0 Å². The smallest absolute Gasteiger partial charge is 0.290 e. The molecule has 0 aliphatic carbocycles. The van der Waals surface area contributed by atoms with Gasteiger partial charge in [-0.05, 0) is 50.2 Å². The van der Waals surface area contributed by atoms with Crippen molar-refractivity contribution in [3.05, 3.63) is 53.7 Å². The number of benzene rings is 1. The zero-order chi connectivity index (χ0) is 18.2. The number of nitrogens with one attached hydrogen (secondary N) is 1. The molecule has 0 aliphatic rings. The van der Waals surface area contributed by atoms with Gasteiger partial charge in [0.1, 0.15) is 23.9 Å². The molecule has 1 aromatic carbocycles. The van der Waals surface area contributed by atoms with Gasteiger partial charge >= 0.3 is 0 Å². The summed E-state index contributed by atoms with van der Waals surface area (Å²) in [6, 6.07) is 8.80. The van der Waals surface area contributed by atoms with Gasteiger partial charge in [0, 0.05) is 13.1 Å². The maximum Gasteiger partial charge on any atom is 0.290 e. The molecule has 1 heterocycles. The van der Waals surface area contributed by atoms with Crippen LogP contribution in [0.25, 0.3) is 0 Å². The predicted octanol–water partition coefficient (Wildman–Crippen LogP) is 2.60. The number of hydrogen-bond acceptors (Lipinski definition) is 4. The van der Waals surface area contributed by atoms with Crippen LogP contribution >= 0.6 is 0 Å². The molecule has 2 aromatic rings. The minimum absolute atomic E-state index is 0.0225. The molecule has 25 heavy (non-hydrogen) atoms. The van der Waals surface area contributed by atoms with E-state index >= 15 is 0 Å². The minimum Gasteiger partial charge on any atom is -0.486 e. The Morgan fingerprint density at radius 3 is 2.52 bits per heavy atom. The molecule has 2 amide bonds. The molecular weight excluding hydrogens is 327 g/mol. The molecule has 6 nitrogen and oxygen atoms in total. The van der Waals surface area contributed by atoms with E-state index in [9.17, 15) is 14.0 Å². The number of hydrogen-bond donors (Lipinski definition) is 1. The van der Waals surface area contributed by atoms with Crippen molar-refractivity contribution in [2.75, 3.05) is 19.6 Å². The van der Waals surface area contributed by atoms with Crippen LogP contribution in [-0.4, -0.2) is 36.3 Å². The maximum atomic E-state index is 12.8. The average Bonchev–Trinajstić information content (AvgIpc) is 3.08. The molecule has 0 aliphatic heterocycles. The first kappa shape index (κ1) is 18.5. The molecule has 0 saturated carbocycles. The fraction of sp³-hybridized carbons (Fsp3) is 0.333. The highest BCUT2D eigenvalue weighted by Crippen LogP contribution is 2.16. The van der Waals surface area contributed by atoms with Crippen molar-refractivity contribution in [3.8, 4) is 5.75 Å². The van der Waals surface area contributed by atoms with Crippen LogP contribution in [0.1, 0.15) is 30.2 Å². The molecule has 0 bridgehead atoms. The Morgan fingerprint density at radius 1 is 1.16 bits per heavy atom. The lowest BCUT2D eigenvalue weighted by molar-refractivity contribution is -0.121. The number of halogens is 1. The van der Waals surface area contributed by atoms with E-state index in [0.717, 1.165) is 0 Å². The van der Waals surface area contributed by atoms with Crippen LogP contribution < -0.4 is 10.1 Å². The van der Waals surface area contributed by atoms with Gasteiger partial charge in [0.25, 0.3) is 5.91 Å². The van der Waals surface area contributed by atoms with E-state index in [0.29, 0.717) is 24.6 Å². The Kier molecular flexibility index (Phi) is 6.56. The van der Waals surface area contributed by atoms with Crippen LogP contribution in [0, 0.1) is 5.82 Å². The van der Waals surface area contributed by atoms with Crippen molar-refractivity contribution in [2.24, 2.45) is 0 Å². The summed E-state index contributed by atoms with van der Waals surface area (Å²) >= 11 is 0. The van der Waals surface area contributed by atoms with Crippen LogP contribution in [-0.2, 0) is 11.4 Å². The first-order valence-electron chi connectivity index (χ1n) is 8.06. The monoisotopic (exact) mass is 348 g/mol. The van der Waals surface area contributed by atoms with E-state index in [1.54, 1.807) is 19.1 Å². The quantitative estimate of drug-likeness (QED) is 0.796. The fourth-order valence-corrected chi connectivity index (χ4v) is 2.17. The highest BCUT2D eigenvalue weighted by atomic mass is 19.1. The zero-order valence-electron chi connectivity index (χ0n) is 14.3. The first-order chi connectivity index (χ1) is 12.0. The van der Waals surface area contributed by atoms with Gasteiger partial charge in [0.15, 0.2) is 5.76 Å². The first-order valence-corrected chi connectivity index (χ1v) is 8.06. The number of nitrogens with zero attached hydrogens (tertiary/aromatic N) is 1. The third-order valence-electron chi connectivity index (χ3n) is 3.44. The molecule has 1 N–H and O–H groups in total. The summed E-state index contributed by atoms with van der Waals surface area (Å²) < 4.78 is 23.8. The number of amides is 2. The van der Waals surface area contributed by atoms with E-state index in [-0.39, 0.29) is 36.5 Å². The van der Waals surface area contributed by atoms with Gasteiger partial charge in [-0.25, -0.2) is 4.39 Å². The van der Waals surface area contributed by atoms with Crippen molar-refractivity contribution in [1.82, 2.24) is 10.2 Å². The Balaban J connectivity index is 1.95. The lowest BCUT2D eigenvalue weighted by atomic mass is 10.3. The summed E-state index contributed by atoms with van der Waals surface area (Å²) in [5, 5.41) is 2.65. The van der Waals surface area contributed by atoms with E-state index in [2.05, 4.69) is 5.32 Å². The highest BCUT2D eigenvalue weighted by Gasteiger charge is 2.20. The van der Waals surface area contributed by atoms with Crippen LogP contribution in [0.3, 0.4) is 0 Å². The molecule has 1 aromatic heterocycles. The summed E-state index contributed by atoms with van der Waals surface area (Å²) in [5.74, 6) is 0.179. The minimum atomic E-state index is -0.359. The predicted molar refractivity (Wildman–Crippen MR) is 89.7 cm³/mol. The Labute approximate surface area is 145 Å². The lowest BCUT2D eigenvalue weighted by Crippen LogP contribution is -2.40. The van der Waals surface area contributed by atoms with Crippen LogP contribution in [0.5, 0.6) is 5.75 Å². The summed E-state index contributed by atoms with van der Waals surface area (Å²) in [7, 11) is 0. The second-order valence-electron chi connectivity index (χ2n) is 5.28. The molecule has 0 fully saturated rings. The average molecular weight is 348 g/mol. The summed E-state index contributed by atoms with van der Waals surface area (Å²) in [6.45, 7) is 4.59. The number of furan rings is 1. The second-order valence-corrected chi connectivity index (χ2v) is 5.28. The van der Waals surface area contributed by atoms with Crippen LogP contribution in [0.15, 0.2) is 40.8 Å². The molecule has 0 unspecified atom stereocenters. The van der Waals surface area contributed by atoms with Gasteiger partial charge in [0.2, 0.25) is 5.91 Å². The standard InChI is InChI=1S/C18H21FN2O4/c1-3-20-17(22)11-21(4-2)18(23)16-10-9-15(25-16)12-24-14-7-5-13(19)6-8-14/h5-10H,3-4,11-12H2,1-2H3,(H,20,22). The van der Waals surface area contributed by atoms with Gasteiger partial charge in [-0.15, -0.1) is 0 Å². The second kappa shape index (κ2) is 8.86. The van der Waals surface area contributed by atoms with Crippen molar-refractivity contribution < 1.29 is 23.1 Å². The third-order valence-corrected chi connectivity index (χ3v) is 3.44. The van der Waals surface area contributed by atoms with Gasteiger partial charge in [0.05, 0.1) is 6.54 Å². The molecule has 0 atom stereocenters. The topological polar surface area (TPSA) is 71.8 Å². The molecule has 134 valence electrons. The molecule has 0 radical (unpaired) electrons. The summed E-state index contributed by atoms with van der Waals surface area (Å²) in [6.07, 6.45) is 0. The molecule has 0 saturated heterocycles. The van der Waals surface area contributed by atoms with Gasteiger partial charge in [-0.3, -0.25) is 9.59 Å². The van der Waals surface area contributed by atoms with Crippen LogP contribution in [0.4, 0.5) is 4.39 Å². The maximum absolute atomic E-state index is 12.8. The van der Waals surface area contributed by atoms with Gasteiger partial charge in [-0.2, -0.15) is 0 Å². The number of rotatable bonds is 8. The lowest BCUT2D eigenvalue weighted by Gasteiger charge is -2.18. The van der Waals surface area contributed by atoms with Crippen molar-refractivity contribution in [1.29, 1.82) is 0 Å². The molecule has 7 heteroatoms. The number of carbonyl (C=O) groups excluding carboxylic acids is 2. The Morgan fingerprint density at radius 2 is 1.88 bits per heavy atom. The highest BCUT2D eigenvalue weighted by molar-refractivity contribution is 5.94. The van der Waals surface area contributed by atoms with E-state index in [1.165, 1.54) is 29.2 Å². The molecule has 2 rings (SSSR count). The molecule has 0 spiro atoms. The third kappa shape index (κ3) is 5.34. The van der Waals surface area contributed by atoms with Crippen molar-refractivity contribution in [2.45, 2.75) is 20.5 Å². The molecular formula is C18H21FN2O4. The van der Waals surface area contributed by atoms with Crippen LogP contribution in [0.2, 0.25) is 0 Å². The Hall–Kier alpha value is -2.83. The largest absolute Gasteiger partial charge is 0.486 e. The SMILES string of the molecule is CCNC(=O)CN(CC)C(=O)c1ccc(COc2ccc(F)cc2)o1. The van der Waals surface area contributed by atoms with E-state index in [4.69, 9.17) is 9.15 Å². The zero-order valence-corrected chi connectivity index (χ0v) is 14.3. The van der Waals surface area contributed by atoms with E-state index in [1.807, 2.05) is 6.92 Å². The number of carbonyl (C=O) groups is 2. The Bertz CT molecular complexity index is 712. The summed E-state index contributed by atoms with van der Waals surface area (Å²) in [5.41, 5.74) is 0. The number of likely N-dealkylation sites (N-methyl/N-ethyl adjacent to an activating group) is 2. The van der Waals surface area contributed by atoms with Crippen molar-refractivity contribution >= 4 is 11.8 Å². The van der Waals surface area contributed by atoms with Crippen molar-refractivity contribution in [3.63, 3.8) is 0 Å². The van der Waals surface area contributed by atoms with E-state index < -0.39 is 0 Å². The normalized spacial score (nSPS) is 10.4. The van der Waals surface area contributed by atoms with Gasteiger partial charge < -0.3 is 19.4 Å².